The van der Waals surface area contributed by atoms with Crippen LogP contribution in [0.2, 0.25) is 0 Å². The number of hydrogen-bond donors (Lipinski definition) is 1. The van der Waals surface area contributed by atoms with Crippen LogP contribution in [0.3, 0.4) is 0 Å². The summed E-state index contributed by atoms with van der Waals surface area (Å²) in [4.78, 5) is 19.1. The SMILES string of the molecule is Cl.Cl.O=c1[nH]c(-c2ccccc2)nc2ccccc12. The zero-order chi connectivity index (χ0) is 11.7. The van der Waals surface area contributed by atoms with Crippen molar-refractivity contribution in [3.8, 4) is 11.4 Å². The van der Waals surface area contributed by atoms with E-state index >= 15 is 0 Å². The molecule has 0 aliphatic rings. The first-order valence-corrected chi connectivity index (χ1v) is 5.39. The second kappa shape index (κ2) is 6.36. The molecule has 3 nitrogen and oxygen atoms in total. The molecule has 0 aliphatic carbocycles. The van der Waals surface area contributed by atoms with Crippen LogP contribution in [-0.4, -0.2) is 9.97 Å². The molecule has 0 fully saturated rings. The third kappa shape index (κ3) is 2.95. The van der Waals surface area contributed by atoms with Crippen LogP contribution in [0.4, 0.5) is 0 Å². The number of nitrogens with one attached hydrogen (secondary N) is 1. The third-order valence-electron chi connectivity index (χ3n) is 2.66. The molecule has 0 bridgehead atoms. The van der Waals surface area contributed by atoms with Crippen LogP contribution in [0.1, 0.15) is 0 Å². The normalized spacial score (nSPS) is 9.47. The minimum atomic E-state index is -0.102. The Morgan fingerprint density at radius 2 is 1.47 bits per heavy atom. The highest BCUT2D eigenvalue weighted by molar-refractivity contribution is 5.85. The van der Waals surface area contributed by atoms with E-state index in [1.165, 1.54) is 0 Å². The quantitative estimate of drug-likeness (QED) is 0.747. The maximum atomic E-state index is 11.9. The van der Waals surface area contributed by atoms with Crippen molar-refractivity contribution in [2.75, 3.05) is 0 Å². The lowest BCUT2D eigenvalue weighted by Gasteiger charge is -2.02. The van der Waals surface area contributed by atoms with Crippen molar-refractivity contribution in [3.63, 3.8) is 0 Å². The number of para-hydroxylation sites is 1. The van der Waals surface area contributed by atoms with E-state index in [-0.39, 0.29) is 30.4 Å². The number of H-pyrrole nitrogens is 1. The molecule has 5 heteroatoms. The zero-order valence-corrected chi connectivity index (χ0v) is 11.5. The standard InChI is InChI=1S/C14H10N2O.2ClH/c17-14-11-8-4-5-9-12(11)15-13(16-14)10-6-2-1-3-7-10;;/h1-9H,(H,15,16,17);2*1H. The van der Waals surface area contributed by atoms with Gasteiger partial charge in [-0.3, -0.25) is 4.79 Å². The van der Waals surface area contributed by atoms with E-state index in [4.69, 9.17) is 0 Å². The summed E-state index contributed by atoms with van der Waals surface area (Å²) < 4.78 is 0. The molecule has 2 aromatic carbocycles. The van der Waals surface area contributed by atoms with Crippen LogP contribution in [0.5, 0.6) is 0 Å². The van der Waals surface area contributed by atoms with E-state index in [0.717, 1.165) is 11.1 Å². The predicted octanol–water partition coefficient (Wildman–Crippen LogP) is 3.43. The monoisotopic (exact) mass is 294 g/mol. The van der Waals surface area contributed by atoms with Crippen LogP contribution in [0, 0.1) is 0 Å². The Morgan fingerprint density at radius 3 is 2.21 bits per heavy atom. The van der Waals surface area contributed by atoms with Crippen LogP contribution < -0.4 is 5.56 Å². The summed E-state index contributed by atoms with van der Waals surface area (Å²) in [6.45, 7) is 0. The Morgan fingerprint density at radius 1 is 0.842 bits per heavy atom. The summed E-state index contributed by atoms with van der Waals surface area (Å²) >= 11 is 0. The van der Waals surface area contributed by atoms with Gasteiger partial charge < -0.3 is 4.98 Å². The molecular formula is C14H12Cl2N2O. The summed E-state index contributed by atoms with van der Waals surface area (Å²) in [7, 11) is 0. The molecule has 0 atom stereocenters. The average molecular weight is 295 g/mol. The molecule has 19 heavy (non-hydrogen) atoms. The number of benzene rings is 2. The first-order chi connectivity index (χ1) is 8.34. The number of aromatic amines is 1. The second-order valence-corrected chi connectivity index (χ2v) is 3.80. The fraction of sp³-hybridized carbons (Fsp3) is 0. The van der Waals surface area contributed by atoms with Gasteiger partial charge in [0, 0.05) is 5.56 Å². The highest BCUT2D eigenvalue weighted by atomic mass is 35.5. The molecular weight excluding hydrogens is 283 g/mol. The Bertz CT molecular complexity index is 726. The van der Waals surface area contributed by atoms with Crippen molar-refractivity contribution in [3.05, 3.63) is 65.0 Å². The minimum Gasteiger partial charge on any atom is -0.306 e. The van der Waals surface area contributed by atoms with Gasteiger partial charge in [0.1, 0.15) is 5.82 Å². The fourth-order valence-electron chi connectivity index (χ4n) is 1.82. The summed E-state index contributed by atoms with van der Waals surface area (Å²) in [6.07, 6.45) is 0. The topological polar surface area (TPSA) is 45.8 Å². The first-order valence-electron chi connectivity index (χ1n) is 5.39. The minimum absolute atomic E-state index is 0. The molecule has 0 unspecified atom stereocenters. The predicted molar refractivity (Wildman–Crippen MR) is 82.3 cm³/mol. The molecule has 3 aromatic rings. The number of hydrogen-bond acceptors (Lipinski definition) is 2. The molecule has 0 amide bonds. The van der Waals surface area contributed by atoms with Gasteiger partial charge in [-0.05, 0) is 12.1 Å². The van der Waals surface area contributed by atoms with Crippen molar-refractivity contribution in [2.45, 2.75) is 0 Å². The highest BCUT2D eigenvalue weighted by Crippen LogP contribution is 2.15. The fourth-order valence-corrected chi connectivity index (χ4v) is 1.82. The first kappa shape index (κ1) is 15.2. The summed E-state index contributed by atoms with van der Waals surface area (Å²) in [5, 5.41) is 0.618. The molecule has 0 radical (unpaired) electrons. The molecule has 3 rings (SSSR count). The second-order valence-electron chi connectivity index (χ2n) is 3.80. The number of aromatic nitrogens is 2. The van der Waals surface area contributed by atoms with Crippen molar-refractivity contribution >= 4 is 35.7 Å². The van der Waals surface area contributed by atoms with Gasteiger partial charge in [-0.2, -0.15) is 0 Å². The molecule has 1 aromatic heterocycles. The Labute approximate surface area is 122 Å². The number of rotatable bonds is 1. The van der Waals surface area contributed by atoms with E-state index in [1.54, 1.807) is 6.07 Å². The molecule has 1 heterocycles. The van der Waals surface area contributed by atoms with Crippen LogP contribution in [-0.2, 0) is 0 Å². The van der Waals surface area contributed by atoms with E-state index in [0.29, 0.717) is 11.2 Å². The van der Waals surface area contributed by atoms with Crippen molar-refractivity contribution in [1.29, 1.82) is 0 Å². The highest BCUT2D eigenvalue weighted by Gasteiger charge is 2.04. The van der Waals surface area contributed by atoms with Gasteiger partial charge in [0.15, 0.2) is 0 Å². The summed E-state index contributed by atoms with van der Waals surface area (Å²) in [5.74, 6) is 0.606. The molecule has 0 spiro atoms. The largest absolute Gasteiger partial charge is 0.306 e. The molecule has 0 aliphatic heterocycles. The van der Waals surface area contributed by atoms with Crippen LogP contribution in [0.25, 0.3) is 22.3 Å². The maximum Gasteiger partial charge on any atom is 0.259 e. The molecule has 0 saturated carbocycles. The maximum absolute atomic E-state index is 11.9. The average Bonchev–Trinajstić information content (AvgIpc) is 2.40. The van der Waals surface area contributed by atoms with E-state index < -0.39 is 0 Å². The van der Waals surface area contributed by atoms with Gasteiger partial charge in [-0.1, -0.05) is 42.5 Å². The van der Waals surface area contributed by atoms with Gasteiger partial charge in [0.2, 0.25) is 0 Å². The molecule has 0 saturated heterocycles. The Balaban J connectivity index is 0.000000902. The number of fused-ring (bicyclic) bond motifs is 1. The third-order valence-corrected chi connectivity index (χ3v) is 2.66. The van der Waals surface area contributed by atoms with E-state index in [1.807, 2.05) is 48.5 Å². The smallest absolute Gasteiger partial charge is 0.259 e. The van der Waals surface area contributed by atoms with Gasteiger partial charge in [-0.25, -0.2) is 4.98 Å². The Hall–Kier alpha value is -1.84. The van der Waals surface area contributed by atoms with Crippen LogP contribution in [0.15, 0.2) is 59.4 Å². The van der Waals surface area contributed by atoms with Gasteiger partial charge in [0.25, 0.3) is 5.56 Å². The van der Waals surface area contributed by atoms with Gasteiger partial charge >= 0.3 is 0 Å². The molecule has 1 N–H and O–H groups in total. The van der Waals surface area contributed by atoms with E-state index in [2.05, 4.69) is 9.97 Å². The summed E-state index contributed by atoms with van der Waals surface area (Å²) in [6, 6.07) is 17.0. The van der Waals surface area contributed by atoms with Crippen molar-refractivity contribution < 1.29 is 0 Å². The zero-order valence-electron chi connectivity index (χ0n) is 9.87. The van der Waals surface area contributed by atoms with Crippen molar-refractivity contribution in [2.24, 2.45) is 0 Å². The molecule has 98 valence electrons. The Kier molecular flexibility index (Phi) is 5.10. The lowest BCUT2D eigenvalue weighted by Crippen LogP contribution is -2.09. The van der Waals surface area contributed by atoms with Crippen molar-refractivity contribution in [1.82, 2.24) is 9.97 Å². The van der Waals surface area contributed by atoms with Gasteiger partial charge in [0.05, 0.1) is 10.9 Å². The number of nitrogens with zero attached hydrogens (tertiary/aromatic N) is 1. The van der Waals surface area contributed by atoms with Crippen LogP contribution >= 0.6 is 24.8 Å². The van der Waals surface area contributed by atoms with E-state index in [9.17, 15) is 4.79 Å². The summed E-state index contributed by atoms with van der Waals surface area (Å²) in [5.41, 5.74) is 1.53. The number of halogens is 2. The lowest BCUT2D eigenvalue weighted by molar-refractivity contribution is 1.18. The lowest BCUT2D eigenvalue weighted by atomic mass is 10.2. The van der Waals surface area contributed by atoms with Gasteiger partial charge in [-0.15, -0.1) is 24.8 Å².